The monoisotopic (exact) mass is 318 g/mol. The summed E-state index contributed by atoms with van der Waals surface area (Å²) < 4.78 is 0. The van der Waals surface area contributed by atoms with Crippen LogP contribution in [0.2, 0.25) is 0 Å². The summed E-state index contributed by atoms with van der Waals surface area (Å²) in [6.45, 7) is 1.76. The lowest BCUT2D eigenvalue weighted by molar-refractivity contribution is -0.121. The Morgan fingerprint density at radius 2 is 2.00 bits per heavy atom. The number of carbonyl (C=O) groups excluding carboxylic acids is 1. The topological polar surface area (TPSA) is 41.1 Å². The molecule has 0 spiro atoms. The van der Waals surface area contributed by atoms with E-state index < -0.39 is 0 Å². The van der Waals surface area contributed by atoms with E-state index in [2.05, 4.69) is 53.1 Å². The molecule has 0 saturated carbocycles. The molecule has 0 aliphatic carbocycles. The van der Waals surface area contributed by atoms with Crippen LogP contribution in [0.5, 0.6) is 0 Å². The van der Waals surface area contributed by atoms with Gasteiger partial charge in [-0.1, -0.05) is 42.5 Å². The van der Waals surface area contributed by atoms with Gasteiger partial charge < -0.3 is 10.6 Å². The molecule has 1 amide bonds. The number of benzene rings is 2. The first-order valence-electron chi connectivity index (χ1n) is 7.79. The Labute approximate surface area is 137 Å². The molecule has 1 saturated heterocycles. The molecular formula is C18H23ClN2O. The number of halogens is 1. The lowest BCUT2D eigenvalue weighted by Gasteiger charge is -2.10. The maximum atomic E-state index is 11.9. The standard InChI is InChI=1S/C18H22N2O.ClH/c21-18(13-17-6-3-10-19-17)20-11-9-14-7-8-15-4-1-2-5-16(15)12-14;/h1-2,4-5,7-8,12,17,19H,3,6,9-11,13H2,(H,20,21);1H. The SMILES string of the molecule is Cl.O=C(CC1CCCN1)NCCc1ccc2ccccc2c1. The summed E-state index contributed by atoms with van der Waals surface area (Å²) in [5.74, 6) is 0.162. The number of hydrogen-bond acceptors (Lipinski definition) is 2. The van der Waals surface area contributed by atoms with Gasteiger partial charge >= 0.3 is 0 Å². The van der Waals surface area contributed by atoms with Crippen LogP contribution in [0.25, 0.3) is 10.8 Å². The van der Waals surface area contributed by atoms with Crippen molar-refractivity contribution in [3.05, 3.63) is 48.0 Å². The summed E-state index contributed by atoms with van der Waals surface area (Å²) in [5, 5.41) is 8.90. The highest BCUT2D eigenvalue weighted by Gasteiger charge is 2.17. The lowest BCUT2D eigenvalue weighted by Crippen LogP contribution is -2.32. The Morgan fingerprint density at radius 1 is 1.18 bits per heavy atom. The predicted octanol–water partition coefficient (Wildman–Crippen LogP) is 3.06. The van der Waals surface area contributed by atoms with E-state index in [1.807, 2.05) is 0 Å². The summed E-state index contributed by atoms with van der Waals surface area (Å²) >= 11 is 0. The Balaban J connectivity index is 0.00000176. The summed E-state index contributed by atoms with van der Waals surface area (Å²) in [4.78, 5) is 11.9. The van der Waals surface area contributed by atoms with Crippen LogP contribution in [0.3, 0.4) is 0 Å². The van der Waals surface area contributed by atoms with Gasteiger partial charge in [0.15, 0.2) is 0 Å². The van der Waals surface area contributed by atoms with Crippen molar-refractivity contribution in [2.24, 2.45) is 0 Å². The minimum Gasteiger partial charge on any atom is -0.356 e. The highest BCUT2D eigenvalue weighted by atomic mass is 35.5. The van der Waals surface area contributed by atoms with Gasteiger partial charge in [-0.25, -0.2) is 0 Å². The molecule has 0 bridgehead atoms. The zero-order chi connectivity index (χ0) is 14.5. The van der Waals surface area contributed by atoms with Crippen molar-refractivity contribution in [2.45, 2.75) is 31.7 Å². The molecule has 4 heteroatoms. The van der Waals surface area contributed by atoms with E-state index in [0.717, 1.165) is 19.4 Å². The summed E-state index contributed by atoms with van der Waals surface area (Å²) in [5.41, 5.74) is 1.27. The molecule has 3 rings (SSSR count). The third-order valence-electron chi connectivity index (χ3n) is 4.14. The Bertz CT molecular complexity index is 623. The molecule has 1 atom stereocenters. The molecule has 1 heterocycles. The maximum absolute atomic E-state index is 11.9. The second-order valence-corrected chi connectivity index (χ2v) is 5.78. The average Bonchev–Trinajstić information content (AvgIpc) is 3.00. The van der Waals surface area contributed by atoms with Gasteiger partial charge in [-0.05, 0) is 42.1 Å². The molecule has 0 radical (unpaired) electrons. The molecule has 22 heavy (non-hydrogen) atoms. The van der Waals surface area contributed by atoms with Crippen LogP contribution in [0.1, 0.15) is 24.8 Å². The molecule has 1 aliphatic heterocycles. The van der Waals surface area contributed by atoms with Gasteiger partial charge in [-0.3, -0.25) is 4.79 Å². The third kappa shape index (κ3) is 4.46. The van der Waals surface area contributed by atoms with Crippen LogP contribution in [0, 0.1) is 0 Å². The molecule has 1 unspecified atom stereocenters. The van der Waals surface area contributed by atoms with E-state index in [-0.39, 0.29) is 18.3 Å². The smallest absolute Gasteiger partial charge is 0.221 e. The third-order valence-corrected chi connectivity index (χ3v) is 4.14. The second-order valence-electron chi connectivity index (χ2n) is 5.78. The number of nitrogens with one attached hydrogen (secondary N) is 2. The Hall–Kier alpha value is -1.58. The first-order valence-corrected chi connectivity index (χ1v) is 7.79. The van der Waals surface area contributed by atoms with Gasteiger partial charge in [0.1, 0.15) is 0 Å². The van der Waals surface area contributed by atoms with Crippen molar-refractivity contribution in [3.63, 3.8) is 0 Å². The van der Waals surface area contributed by atoms with Crippen molar-refractivity contribution in [3.8, 4) is 0 Å². The number of hydrogen-bond donors (Lipinski definition) is 2. The van der Waals surface area contributed by atoms with Gasteiger partial charge in [-0.2, -0.15) is 0 Å². The molecule has 1 aliphatic rings. The Kier molecular flexibility index (Phi) is 6.22. The van der Waals surface area contributed by atoms with Gasteiger partial charge in [0.05, 0.1) is 0 Å². The van der Waals surface area contributed by atoms with Gasteiger partial charge in [-0.15, -0.1) is 12.4 Å². The van der Waals surface area contributed by atoms with E-state index in [0.29, 0.717) is 19.0 Å². The zero-order valence-electron chi connectivity index (χ0n) is 12.7. The molecule has 118 valence electrons. The van der Waals surface area contributed by atoms with Crippen LogP contribution < -0.4 is 10.6 Å². The summed E-state index contributed by atoms with van der Waals surface area (Å²) in [7, 11) is 0. The molecule has 2 aromatic carbocycles. The second kappa shape index (κ2) is 8.16. The van der Waals surface area contributed by atoms with E-state index in [1.54, 1.807) is 0 Å². The van der Waals surface area contributed by atoms with Crippen LogP contribution in [-0.2, 0) is 11.2 Å². The van der Waals surface area contributed by atoms with Crippen molar-refractivity contribution in [2.75, 3.05) is 13.1 Å². The first-order chi connectivity index (χ1) is 10.3. The summed E-state index contributed by atoms with van der Waals surface area (Å²) in [6, 6.07) is 15.2. The van der Waals surface area contributed by atoms with Crippen molar-refractivity contribution >= 4 is 29.1 Å². The number of carbonyl (C=O) groups is 1. The Morgan fingerprint density at radius 3 is 2.77 bits per heavy atom. The molecular weight excluding hydrogens is 296 g/mol. The fourth-order valence-electron chi connectivity index (χ4n) is 2.97. The average molecular weight is 319 g/mol. The van der Waals surface area contributed by atoms with E-state index in [9.17, 15) is 4.79 Å². The van der Waals surface area contributed by atoms with E-state index >= 15 is 0 Å². The summed E-state index contributed by atoms with van der Waals surface area (Å²) in [6.07, 6.45) is 3.81. The molecule has 2 N–H and O–H groups in total. The predicted molar refractivity (Wildman–Crippen MR) is 93.6 cm³/mol. The number of rotatable bonds is 5. The van der Waals surface area contributed by atoms with Gasteiger partial charge in [0.25, 0.3) is 0 Å². The van der Waals surface area contributed by atoms with E-state index in [1.165, 1.54) is 22.8 Å². The molecule has 2 aromatic rings. The normalized spacial score (nSPS) is 17.2. The van der Waals surface area contributed by atoms with E-state index in [4.69, 9.17) is 0 Å². The number of fused-ring (bicyclic) bond motifs is 1. The highest BCUT2D eigenvalue weighted by molar-refractivity contribution is 5.85. The van der Waals surface area contributed by atoms with Crippen molar-refractivity contribution in [1.29, 1.82) is 0 Å². The molecule has 0 aromatic heterocycles. The van der Waals surface area contributed by atoms with Gasteiger partial charge in [0, 0.05) is 19.0 Å². The maximum Gasteiger partial charge on any atom is 0.221 e. The minimum atomic E-state index is 0. The molecule has 3 nitrogen and oxygen atoms in total. The fraction of sp³-hybridized carbons (Fsp3) is 0.389. The van der Waals surface area contributed by atoms with Crippen molar-refractivity contribution < 1.29 is 4.79 Å². The minimum absolute atomic E-state index is 0. The fourth-order valence-corrected chi connectivity index (χ4v) is 2.97. The first kappa shape index (κ1) is 16.8. The van der Waals surface area contributed by atoms with Crippen LogP contribution in [0.4, 0.5) is 0 Å². The van der Waals surface area contributed by atoms with Crippen LogP contribution in [0.15, 0.2) is 42.5 Å². The zero-order valence-corrected chi connectivity index (χ0v) is 13.5. The van der Waals surface area contributed by atoms with Crippen molar-refractivity contribution in [1.82, 2.24) is 10.6 Å². The van der Waals surface area contributed by atoms with Gasteiger partial charge in [0.2, 0.25) is 5.91 Å². The van der Waals surface area contributed by atoms with Crippen LogP contribution >= 0.6 is 12.4 Å². The largest absolute Gasteiger partial charge is 0.356 e. The lowest BCUT2D eigenvalue weighted by atomic mass is 10.1. The van der Waals surface area contributed by atoms with Crippen LogP contribution in [-0.4, -0.2) is 25.0 Å². The number of amides is 1. The molecule has 1 fully saturated rings. The highest BCUT2D eigenvalue weighted by Crippen LogP contribution is 2.15. The quantitative estimate of drug-likeness (QED) is 0.889.